The first-order chi connectivity index (χ1) is 13.4. The largest absolute Gasteiger partial charge is 0.506 e. The molecule has 0 bridgehead atoms. The molecule has 2 heterocycles. The molecule has 28 heavy (non-hydrogen) atoms. The summed E-state index contributed by atoms with van der Waals surface area (Å²) in [6.07, 6.45) is 0.770. The number of amides is 2. The number of aromatic hydroxyl groups is 1. The number of aryl methyl sites for hydroxylation is 1. The summed E-state index contributed by atoms with van der Waals surface area (Å²) in [6, 6.07) is 9.56. The van der Waals surface area contributed by atoms with E-state index in [1.54, 1.807) is 31.2 Å². The topological polar surface area (TPSA) is 116 Å². The van der Waals surface area contributed by atoms with Gasteiger partial charge in [-0.05, 0) is 24.8 Å². The zero-order valence-electron chi connectivity index (χ0n) is 15.1. The number of rotatable bonds is 3. The maximum absolute atomic E-state index is 12.7. The third-order valence-corrected chi connectivity index (χ3v) is 4.95. The average molecular weight is 381 g/mol. The second kappa shape index (κ2) is 6.88. The van der Waals surface area contributed by atoms with Gasteiger partial charge in [0.25, 0.3) is 5.91 Å². The molecule has 0 unspecified atom stereocenters. The number of aromatic nitrogens is 1. The predicted octanol–water partition coefficient (Wildman–Crippen LogP) is 3.07. The zero-order valence-corrected chi connectivity index (χ0v) is 15.1. The molecule has 1 aromatic heterocycles. The average Bonchev–Trinajstić information content (AvgIpc) is 3.28. The summed E-state index contributed by atoms with van der Waals surface area (Å²) in [4.78, 5) is 29.6. The van der Waals surface area contributed by atoms with Crippen molar-refractivity contribution in [3.8, 4) is 5.75 Å². The quantitative estimate of drug-likeness (QED) is 0.642. The molecule has 3 N–H and O–H groups in total. The molecule has 4 rings (SSSR count). The third-order valence-electron chi connectivity index (χ3n) is 4.95. The smallest absolute Gasteiger partial charge is 0.408 e. The van der Waals surface area contributed by atoms with E-state index in [0.29, 0.717) is 23.5 Å². The number of phenols is 1. The number of benzene rings is 2. The lowest BCUT2D eigenvalue weighted by atomic mass is 10.0. The van der Waals surface area contributed by atoms with Gasteiger partial charge >= 0.3 is 6.09 Å². The molecule has 0 saturated carbocycles. The lowest BCUT2D eigenvalue weighted by Crippen LogP contribution is -2.38. The number of hydrogen-bond acceptors (Lipinski definition) is 5. The Labute approximate surface area is 160 Å². The van der Waals surface area contributed by atoms with E-state index < -0.39 is 24.1 Å². The van der Waals surface area contributed by atoms with Crippen LogP contribution in [0.5, 0.6) is 5.75 Å². The minimum atomic E-state index is -1.11. The van der Waals surface area contributed by atoms with Crippen molar-refractivity contribution < 1.29 is 24.2 Å². The zero-order chi connectivity index (χ0) is 19.8. The van der Waals surface area contributed by atoms with Gasteiger partial charge in [0, 0.05) is 18.0 Å². The number of nitrogens with zero attached hydrogens (tertiary/aromatic N) is 2. The Morgan fingerprint density at radius 1 is 1.25 bits per heavy atom. The number of oxazole rings is 1. The molecule has 8 heteroatoms. The van der Waals surface area contributed by atoms with E-state index in [0.717, 1.165) is 5.39 Å². The van der Waals surface area contributed by atoms with E-state index in [4.69, 9.17) is 4.42 Å². The van der Waals surface area contributed by atoms with Crippen LogP contribution in [0, 0.1) is 6.92 Å². The van der Waals surface area contributed by atoms with Crippen LogP contribution in [0.4, 0.5) is 4.79 Å². The normalized spacial score (nSPS) is 19.1. The van der Waals surface area contributed by atoms with Crippen LogP contribution < -0.4 is 5.32 Å². The van der Waals surface area contributed by atoms with Gasteiger partial charge in [-0.15, -0.1) is 0 Å². The second-order valence-electron chi connectivity index (χ2n) is 6.85. The fourth-order valence-corrected chi connectivity index (χ4v) is 3.61. The van der Waals surface area contributed by atoms with Gasteiger partial charge in [-0.2, -0.15) is 0 Å². The molecule has 0 spiro atoms. The van der Waals surface area contributed by atoms with Crippen molar-refractivity contribution in [2.45, 2.75) is 25.4 Å². The van der Waals surface area contributed by atoms with Crippen LogP contribution in [0.1, 0.15) is 34.5 Å². The highest BCUT2D eigenvalue weighted by Crippen LogP contribution is 2.33. The van der Waals surface area contributed by atoms with Crippen molar-refractivity contribution in [3.05, 3.63) is 59.8 Å². The summed E-state index contributed by atoms with van der Waals surface area (Å²) in [7, 11) is 0. The number of carbonyl (C=O) groups excluding carboxylic acids is 1. The highest BCUT2D eigenvalue weighted by molar-refractivity contribution is 6.03. The number of carbonyl (C=O) groups is 2. The summed E-state index contributed by atoms with van der Waals surface area (Å²) in [5, 5.41) is 24.2. The summed E-state index contributed by atoms with van der Waals surface area (Å²) in [6.45, 7) is 1.85. The molecule has 144 valence electrons. The van der Waals surface area contributed by atoms with Gasteiger partial charge in [0.2, 0.25) is 5.89 Å². The van der Waals surface area contributed by atoms with Gasteiger partial charge in [0.15, 0.2) is 0 Å². The van der Waals surface area contributed by atoms with Crippen LogP contribution in [-0.2, 0) is 0 Å². The number of carboxylic acid groups (broad SMARTS) is 1. The first-order valence-electron chi connectivity index (χ1n) is 8.87. The van der Waals surface area contributed by atoms with E-state index in [9.17, 15) is 19.8 Å². The van der Waals surface area contributed by atoms with Crippen molar-refractivity contribution in [1.82, 2.24) is 15.2 Å². The van der Waals surface area contributed by atoms with E-state index in [2.05, 4.69) is 10.3 Å². The van der Waals surface area contributed by atoms with Crippen LogP contribution in [0.3, 0.4) is 0 Å². The molecule has 1 aliphatic heterocycles. The monoisotopic (exact) mass is 381 g/mol. The summed E-state index contributed by atoms with van der Waals surface area (Å²) < 4.78 is 5.48. The van der Waals surface area contributed by atoms with E-state index in [-0.39, 0.29) is 17.9 Å². The minimum Gasteiger partial charge on any atom is -0.506 e. The minimum absolute atomic E-state index is 0.0939. The molecular formula is C20H19N3O5. The molecule has 2 amide bonds. The molecule has 0 radical (unpaired) electrons. The number of nitrogens with one attached hydrogen (secondary N) is 1. The van der Waals surface area contributed by atoms with E-state index in [1.807, 2.05) is 12.1 Å². The maximum atomic E-state index is 12.7. The van der Waals surface area contributed by atoms with Gasteiger partial charge in [-0.1, -0.05) is 30.3 Å². The lowest BCUT2D eigenvalue weighted by Gasteiger charge is -2.18. The molecule has 2 atom stereocenters. The van der Waals surface area contributed by atoms with Gasteiger partial charge in [-0.3, -0.25) is 9.69 Å². The van der Waals surface area contributed by atoms with Crippen LogP contribution in [0.25, 0.3) is 10.8 Å². The highest BCUT2D eigenvalue weighted by atomic mass is 16.4. The number of phenolic OH excluding ortho intramolecular Hbond substituents is 1. The Morgan fingerprint density at radius 3 is 2.75 bits per heavy atom. The van der Waals surface area contributed by atoms with Crippen LogP contribution in [0.15, 0.2) is 47.0 Å². The molecule has 3 aromatic rings. The van der Waals surface area contributed by atoms with Crippen molar-refractivity contribution in [3.63, 3.8) is 0 Å². The van der Waals surface area contributed by atoms with E-state index >= 15 is 0 Å². The van der Waals surface area contributed by atoms with Gasteiger partial charge < -0.3 is 19.9 Å². The van der Waals surface area contributed by atoms with Gasteiger partial charge in [0.1, 0.15) is 17.6 Å². The van der Waals surface area contributed by atoms with Crippen LogP contribution in [0.2, 0.25) is 0 Å². The van der Waals surface area contributed by atoms with Crippen molar-refractivity contribution in [2.75, 3.05) is 6.54 Å². The number of fused-ring (bicyclic) bond motifs is 1. The number of likely N-dealkylation sites (tertiary alicyclic amines) is 1. The molecule has 1 saturated heterocycles. The maximum Gasteiger partial charge on any atom is 0.408 e. The van der Waals surface area contributed by atoms with Gasteiger partial charge in [-0.25, -0.2) is 9.78 Å². The second-order valence-corrected chi connectivity index (χ2v) is 6.85. The standard InChI is InChI=1S/C20H19N3O5/c1-11-9-21-19(28-11)16-8-13(10-23(16)20(26)27)22-18(25)15-7-6-12-4-2-3-5-14(12)17(15)24/h2-7,9,13,16,24H,8,10H2,1H3,(H,22,25)(H,26,27)/t13-,16-/m0/s1. The molecule has 1 aliphatic rings. The van der Waals surface area contributed by atoms with E-state index in [1.165, 1.54) is 11.1 Å². The SMILES string of the molecule is Cc1cnc([C@@H]2C[C@H](NC(=O)c3ccc4ccccc4c3O)CN2C(=O)O)o1. The van der Waals surface area contributed by atoms with Crippen molar-refractivity contribution >= 4 is 22.8 Å². The Bertz CT molecular complexity index is 1060. The molecular weight excluding hydrogens is 362 g/mol. The summed E-state index contributed by atoms with van der Waals surface area (Å²) in [5.74, 6) is 0.352. The van der Waals surface area contributed by atoms with Crippen LogP contribution >= 0.6 is 0 Å². The fraction of sp³-hybridized carbons (Fsp3) is 0.250. The van der Waals surface area contributed by atoms with Crippen LogP contribution in [-0.4, -0.2) is 44.7 Å². The van der Waals surface area contributed by atoms with Crippen molar-refractivity contribution in [2.24, 2.45) is 0 Å². The lowest BCUT2D eigenvalue weighted by molar-refractivity contribution is 0.0933. The molecule has 1 fully saturated rings. The molecule has 2 aromatic carbocycles. The summed E-state index contributed by atoms with van der Waals surface area (Å²) in [5.41, 5.74) is 0.149. The molecule has 0 aliphatic carbocycles. The first kappa shape index (κ1) is 17.8. The predicted molar refractivity (Wildman–Crippen MR) is 100 cm³/mol. The molecule has 8 nitrogen and oxygen atoms in total. The highest BCUT2D eigenvalue weighted by Gasteiger charge is 2.39. The fourth-order valence-electron chi connectivity index (χ4n) is 3.61. The Kier molecular flexibility index (Phi) is 4.38. The van der Waals surface area contributed by atoms with Crippen molar-refractivity contribution in [1.29, 1.82) is 0 Å². The Balaban J connectivity index is 1.55. The summed E-state index contributed by atoms with van der Waals surface area (Å²) >= 11 is 0. The first-order valence-corrected chi connectivity index (χ1v) is 8.87. The Hall–Kier alpha value is -3.55. The van der Waals surface area contributed by atoms with Gasteiger partial charge in [0.05, 0.1) is 11.8 Å². The Morgan fingerprint density at radius 2 is 2.04 bits per heavy atom. The third kappa shape index (κ3) is 3.13. The number of hydrogen-bond donors (Lipinski definition) is 3.